The van der Waals surface area contributed by atoms with Crippen LogP contribution in [-0.4, -0.2) is 33.4 Å². The number of rotatable bonds is 6. The largest absolute Gasteiger partial charge is 0.497 e. The van der Waals surface area contributed by atoms with Crippen molar-refractivity contribution in [3.05, 3.63) is 52.2 Å². The van der Waals surface area contributed by atoms with Gasteiger partial charge in [0.2, 0.25) is 5.91 Å². The van der Waals surface area contributed by atoms with Gasteiger partial charge in [-0.3, -0.25) is 9.20 Å². The van der Waals surface area contributed by atoms with Crippen LogP contribution in [0.3, 0.4) is 0 Å². The third kappa shape index (κ3) is 3.63. The van der Waals surface area contributed by atoms with E-state index in [4.69, 9.17) is 4.74 Å². The Morgan fingerprint density at radius 2 is 2.19 bits per heavy atom. The standard InChI is InChI=1S/C19H18N4O2S2/c1-12-8-13-5-6-14(25-2)9-16(13)23-18(12)21-22-19(23)27-11-17(24)20-10-15-4-3-7-26-15/h3-9H,10-11H2,1-2H3,(H,20,24). The molecule has 27 heavy (non-hydrogen) atoms. The second-order valence-corrected chi connectivity index (χ2v) is 8.01. The number of nitrogens with one attached hydrogen (secondary N) is 1. The SMILES string of the molecule is COc1ccc2cc(C)c3nnc(SCC(=O)NCc4cccs4)n3c2c1. The lowest BCUT2D eigenvalue weighted by atomic mass is 10.1. The topological polar surface area (TPSA) is 68.5 Å². The summed E-state index contributed by atoms with van der Waals surface area (Å²) in [5, 5.41) is 15.3. The molecule has 3 heterocycles. The zero-order valence-electron chi connectivity index (χ0n) is 14.9. The number of thioether (sulfide) groups is 1. The quantitative estimate of drug-likeness (QED) is 0.502. The van der Waals surface area contributed by atoms with Crippen molar-refractivity contribution in [1.29, 1.82) is 0 Å². The van der Waals surface area contributed by atoms with Gasteiger partial charge in [-0.05, 0) is 47.5 Å². The Bertz CT molecular complexity index is 1110. The molecule has 1 amide bonds. The Hall–Kier alpha value is -2.58. The molecule has 0 unspecified atom stereocenters. The molecule has 0 spiro atoms. The number of benzene rings is 1. The maximum absolute atomic E-state index is 12.2. The second kappa shape index (κ2) is 7.58. The minimum Gasteiger partial charge on any atom is -0.497 e. The van der Waals surface area contributed by atoms with Crippen molar-refractivity contribution in [2.24, 2.45) is 0 Å². The van der Waals surface area contributed by atoms with Crippen LogP contribution < -0.4 is 10.1 Å². The molecule has 4 aromatic rings. The number of nitrogens with zero attached hydrogens (tertiary/aromatic N) is 3. The van der Waals surface area contributed by atoms with Gasteiger partial charge >= 0.3 is 0 Å². The number of carbonyl (C=O) groups is 1. The summed E-state index contributed by atoms with van der Waals surface area (Å²) in [6.07, 6.45) is 0. The van der Waals surface area contributed by atoms with E-state index in [0.29, 0.717) is 11.7 Å². The van der Waals surface area contributed by atoms with Gasteiger partial charge in [-0.15, -0.1) is 21.5 Å². The number of amides is 1. The van der Waals surface area contributed by atoms with Crippen molar-refractivity contribution in [2.45, 2.75) is 18.6 Å². The molecule has 0 aliphatic heterocycles. The monoisotopic (exact) mass is 398 g/mol. The number of hydrogen-bond donors (Lipinski definition) is 1. The Balaban J connectivity index is 1.59. The van der Waals surface area contributed by atoms with E-state index in [1.165, 1.54) is 11.8 Å². The van der Waals surface area contributed by atoms with Gasteiger partial charge in [-0.1, -0.05) is 17.8 Å². The van der Waals surface area contributed by atoms with Gasteiger partial charge in [-0.25, -0.2) is 0 Å². The third-order valence-electron chi connectivity index (χ3n) is 4.21. The lowest BCUT2D eigenvalue weighted by Crippen LogP contribution is -2.24. The van der Waals surface area contributed by atoms with Crippen molar-refractivity contribution in [3.63, 3.8) is 0 Å². The minimum absolute atomic E-state index is 0.0281. The molecule has 0 saturated heterocycles. The molecule has 0 saturated carbocycles. The number of ether oxygens (including phenoxy) is 1. The Morgan fingerprint density at radius 3 is 2.96 bits per heavy atom. The Kier molecular flexibility index (Phi) is 5.00. The first-order valence-corrected chi connectivity index (χ1v) is 10.3. The van der Waals surface area contributed by atoms with Gasteiger partial charge < -0.3 is 10.1 Å². The number of methoxy groups -OCH3 is 1. The van der Waals surface area contributed by atoms with E-state index in [2.05, 4.69) is 21.6 Å². The van der Waals surface area contributed by atoms with Crippen LogP contribution in [-0.2, 0) is 11.3 Å². The number of aryl methyl sites for hydroxylation is 1. The average molecular weight is 399 g/mol. The van der Waals surface area contributed by atoms with Crippen LogP contribution in [0.4, 0.5) is 0 Å². The molecule has 0 atom stereocenters. The van der Waals surface area contributed by atoms with Crippen LogP contribution in [0.2, 0.25) is 0 Å². The van der Waals surface area contributed by atoms with Crippen LogP contribution in [0.5, 0.6) is 5.75 Å². The van der Waals surface area contributed by atoms with Gasteiger partial charge in [0.15, 0.2) is 10.8 Å². The molecule has 4 rings (SSSR count). The van der Waals surface area contributed by atoms with Crippen LogP contribution in [0.15, 0.2) is 46.9 Å². The summed E-state index contributed by atoms with van der Waals surface area (Å²) in [7, 11) is 1.65. The first kappa shape index (κ1) is 17.8. The van der Waals surface area contributed by atoms with Gasteiger partial charge in [-0.2, -0.15) is 0 Å². The normalized spacial score (nSPS) is 11.2. The number of carbonyl (C=O) groups excluding carboxylic acids is 1. The second-order valence-electron chi connectivity index (χ2n) is 6.04. The fraction of sp³-hybridized carbons (Fsp3) is 0.211. The molecule has 6 nitrogen and oxygen atoms in total. The van der Waals surface area contributed by atoms with E-state index in [1.54, 1.807) is 18.4 Å². The maximum atomic E-state index is 12.2. The summed E-state index contributed by atoms with van der Waals surface area (Å²) in [6.45, 7) is 2.56. The van der Waals surface area contributed by atoms with Crippen LogP contribution in [0, 0.1) is 6.92 Å². The molecule has 1 aromatic carbocycles. The fourth-order valence-electron chi connectivity index (χ4n) is 2.88. The predicted molar refractivity (Wildman–Crippen MR) is 109 cm³/mol. The van der Waals surface area contributed by atoms with Crippen molar-refractivity contribution in [1.82, 2.24) is 19.9 Å². The number of hydrogen-bond acceptors (Lipinski definition) is 6. The van der Waals surface area contributed by atoms with Gasteiger partial charge in [0.05, 0.1) is 24.9 Å². The smallest absolute Gasteiger partial charge is 0.230 e. The number of fused-ring (bicyclic) bond motifs is 3. The molecular formula is C19H18N4O2S2. The van der Waals surface area contributed by atoms with Gasteiger partial charge in [0.25, 0.3) is 0 Å². The summed E-state index contributed by atoms with van der Waals surface area (Å²) in [4.78, 5) is 13.3. The Labute approximate surface area is 164 Å². The highest BCUT2D eigenvalue weighted by atomic mass is 32.2. The van der Waals surface area contributed by atoms with E-state index in [1.807, 2.05) is 47.0 Å². The van der Waals surface area contributed by atoms with Crippen molar-refractivity contribution in [3.8, 4) is 5.75 Å². The first-order chi connectivity index (χ1) is 13.2. The molecular weight excluding hydrogens is 380 g/mol. The molecule has 0 fully saturated rings. The molecule has 3 aromatic heterocycles. The zero-order chi connectivity index (χ0) is 18.8. The molecule has 1 N–H and O–H groups in total. The molecule has 8 heteroatoms. The summed E-state index contributed by atoms with van der Waals surface area (Å²) < 4.78 is 7.35. The van der Waals surface area contributed by atoms with E-state index in [0.717, 1.165) is 32.7 Å². The van der Waals surface area contributed by atoms with Crippen molar-refractivity contribution >= 4 is 45.6 Å². The van der Waals surface area contributed by atoms with Gasteiger partial charge in [0.1, 0.15) is 5.75 Å². The number of thiophene rings is 1. The zero-order valence-corrected chi connectivity index (χ0v) is 16.6. The van der Waals surface area contributed by atoms with Crippen molar-refractivity contribution in [2.75, 3.05) is 12.9 Å². The molecule has 0 radical (unpaired) electrons. The third-order valence-corrected chi connectivity index (χ3v) is 6.01. The molecule has 138 valence electrons. The van der Waals surface area contributed by atoms with Crippen LogP contribution in [0.25, 0.3) is 16.6 Å². The first-order valence-electron chi connectivity index (χ1n) is 8.40. The van der Waals surface area contributed by atoms with E-state index in [-0.39, 0.29) is 11.7 Å². The number of aromatic nitrogens is 3. The molecule has 0 aliphatic carbocycles. The van der Waals surface area contributed by atoms with Gasteiger partial charge in [0, 0.05) is 10.9 Å². The minimum atomic E-state index is -0.0281. The average Bonchev–Trinajstić information content (AvgIpc) is 3.35. The lowest BCUT2D eigenvalue weighted by molar-refractivity contribution is -0.118. The van der Waals surface area contributed by atoms with Crippen LogP contribution in [0.1, 0.15) is 10.4 Å². The fourth-order valence-corrected chi connectivity index (χ4v) is 4.30. The number of pyridine rings is 1. The summed E-state index contributed by atoms with van der Waals surface area (Å²) in [5.41, 5.74) is 2.79. The van der Waals surface area contributed by atoms with Crippen LogP contribution >= 0.6 is 23.1 Å². The highest BCUT2D eigenvalue weighted by molar-refractivity contribution is 7.99. The highest BCUT2D eigenvalue weighted by Crippen LogP contribution is 2.28. The summed E-state index contributed by atoms with van der Waals surface area (Å²) in [5.74, 6) is 1.02. The van der Waals surface area contributed by atoms with E-state index < -0.39 is 0 Å². The highest BCUT2D eigenvalue weighted by Gasteiger charge is 2.14. The molecule has 0 aliphatic rings. The molecule has 0 bridgehead atoms. The lowest BCUT2D eigenvalue weighted by Gasteiger charge is -2.09. The van der Waals surface area contributed by atoms with E-state index in [9.17, 15) is 4.79 Å². The van der Waals surface area contributed by atoms with E-state index >= 15 is 0 Å². The van der Waals surface area contributed by atoms with Crippen molar-refractivity contribution < 1.29 is 9.53 Å². The summed E-state index contributed by atoms with van der Waals surface area (Å²) >= 11 is 3.01. The Morgan fingerprint density at radius 1 is 1.30 bits per heavy atom. The maximum Gasteiger partial charge on any atom is 0.230 e. The summed E-state index contributed by atoms with van der Waals surface area (Å²) in [6, 6.07) is 12.0. The predicted octanol–water partition coefficient (Wildman–Crippen LogP) is 3.67.